The van der Waals surface area contributed by atoms with Crippen LogP contribution in [0.15, 0.2) is 48.5 Å². The Morgan fingerprint density at radius 3 is 2.18 bits per heavy atom. The topological polar surface area (TPSA) is 79.0 Å². The van der Waals surface area contributed by atoms with E-state index < -0.39 is 0 Å². The third-order valence-electron chi connectivity index (χ3n) is 6.53. The molecular formula is C27H33N3O4. The molecule has 180 valence electrons. The van der Waals surface area contributed by atoms with Crippen LogP contribution in [0.5, 0.6) is 0 Å². The Labute approximate surface area is 201 Å². The summed E-state index contributed by atoms with van der Waals surface area (Å²) < 4.78 is 5.71. The molecule has 0 radical (unpaired) electrons. The van der Waals surface area contributed by atoms with Crippen molar-refractivity contribution in [1.82, 2.24) is 10.2 Å². The molecule has 2 aromatic carbocycles. The molecule has 3 unspecified atom stereocenters. The van der Waals surface area contributed by atoms with Crippen LogP contribution in [0.25, 0.3) is 0 Å². The zero-order valence-corrected chi connectivity index (χ0v) is 20.1. The van der Waals surface area contributed by atoms with Crippen LogP contribution < -0.4 is 10.2 Å². The number of carbonyl (C=O) groups excluding carboxylic acids is 3. The minimum atomic E-state index is -0.371. The molecule has 3 atom stereocenters. The van der Waals surface area contributed by atoms with Gasteiger partial charge in [-0.1, -0.05) is 31.2 Å². The van der Waals surface area contributed by atoms with Crippen molar-refractivity contribution in [1.29, 1.82) is 0 Å². The number of hydrogen-bond donors (Lipinski definition) is 1. The van der Waals surface area contributed by atoms with Crippen LogP contribution in [0, 0.1) is 5.92 Å². The smallest absolute Gasteiger partial charge is 0.254 e. The predicted octanol–water partition coefficient (Wildman–Crippen LogP) is 3.17. The monoisotopic (exact) mass is 463 g/mol. The fraction of sp³-hybridized carbons (Fsp3) is 0.444. The Morgan fingerprint density at radius 2 is 1.56 bits per heavy atom. The van der Waals surface area contributed by atoms with E-state index in [9.17, 15) is 14.4 Å². The molecule has 0 aliphatic carbocycles. The average molecular weight is 464 g/mol. The summed E-state index contributed by atoms with van der Waals surface area (Å²) in [5.41, 5.74) is 3.58. The number of anilines is 1. The van der Waals surface area contributed by atoms with Gasteiger partial charge in [-0.05, 0) is 55.7 Å². The zero-order valence-electron chi connectivity index (χ0n) is 20.1. The summed E-state index contributed by atoms with van der Waals surface area (Å²) in [6, 6.07) is 15.3. The summed E-state index contributed by atoms with van der Waals surface area (Å²) in [6.45, 7) is 7.95. The van der Waals surface area contributed by atoms with Gasteiger partial charge in [-0.3, -0.25) is 14.4 Å². The highest BCUT2D eigenvalue weighted by atomic mass is 16.5. The summed E-state index contributed by atoms with van der Waals surface area (Å²) in [5.74, 6) is -0.532. The van der Waals surface area contributed by atoms with Crippen LogP contribution in [-0.2, 0) is 27.3 Å². The van der Waals surface area contributed by atoms with Crippen molar-refractivity contribution in [2.75, 3.05) is 24.5 Å². The lowest BCUT2D eigenvalue weighted by Crippen LogP contribution is -2.48. The van der Waals surface area contributed by atoms with Crippen LogP contribution in [0.4, 0.5) is 5.69 Å². The van der Waals surface area contributed by atoms with E-state index >= 15 is 0 Å². The number of carbonyl (C=O) groups is 3. The Balaban J connectivity index is 1.30. The molecule has 2 fully saturated rings. The standard InChI is InChI=1S/C27H33N3O4/c1-4-20-7-11-24(12-8-20)30-17-23(13-25(30)31)26(32)28-14-21-5-9-22(10-6-21)27(33)29-15-18(2)34-19(3)16-29/h5-12,18-19,23H,4,13-17H2,1-3H3,(H,28,32). The molecule has 2 saturated heterocycles. The number of rotatable bonds is 6. The molecule has 2 heterocycles. The van der Waals surface area contributed by atoms with Crippen LogP contribution in [0.3, 0.4) is 0 Å². The molecule has 2 aromatic rings. The second-order valence-corrected chi connectivity index (χ2v) is 9.31. The van der Waals surface area contributed by atoms with Crippen LogP contribution in [0.2, 0.25) is 0 Å². The Morgan fingerprint density at radius 1 is 0.941 bits per heavy atom. The molecule has 0 saturated carbocycles. The largest absolute Gasteiger partial charge is 0.372 e. The first-order valence-corrected chi connectivity index (χ1v) is 12.0. The molecule has 7 heteroatoms. The summed E-state index contributed by atoms with van der Waals surface area (Å²) in [5, 5.41) is 2.95. The van der Waals surface area contributed by atoms with Crippen molar-refractivity contribution >= 4 is 23.4 Å². The van der Waals surface area contributed by atoms with E-state index in [4.69, 9.17) is 4.74 Å². The lowest BCUT2D eigenvalue weighted by Gasteiger charge is -2.35. The summed E-state index contributed by atoms with van der Waals surface area (Å²) in [6.07, 6.45) is 1.21. The molecule has 7 nitrogen and oxygen atoms in total. The van der Waals surface area contributed by atoms with E-state index in [0.717, 1.165) is 17.7 Å². The van der Waals surface area contributed by atoms with Gasteiger partial charge in [0.15, 0.2) is 0 Å². The molecule has 1 N–H and O–H groups in total. The molecule has 0 bridgehead atoms. The molecular weight excluding hydrogens is 430 g/mol. The molecule has 0 spiro atoms. The quantitative estimate of drug-likeness (QED) is 0.714. The highest BCUT2D eigenvalue weighted by Gasteiger charge is 2.35. The maximum atomic E-state index is 12.8. The van der Waals surface area contributed by atoms with Gasteiger partial charge in [-0.15, -0.1) is 0 Å². The van der Waals surface area contributed by atoms with Crippen molar-refractivity contribution in [2.45, 2.75) is 52.4 Å². The Bertz CT molecular complexity index is 1020. The molecule has 4 rings (SSSR count). The first kappa shape index (κ1) is 24.0. The van der Waals surface area contributed by atoms with Gasteiger partial charge >= 0.3 is 0 Å². The van der Waals surface area contributed by atoms with Gasteiger partial charge in [0.25, 0.3) is 5.91 Å². The third-order valence-corrected chi connectivity index (χ3v) is 6.53. The van der Waals surface area contributed by atoms with E-state index in [2.05, 4.69) is 12.2 Å². The number of amides is 3. The number of morpholine rings is 1. The molecule has 3 amide bonds. The number of benzene rings is 2. The van der Waals surface area contributed by atoms with E-state index in [-0.39, 0.29) is 42.3 Å². The normalized spacial score (nSPS) is 22.7. The fourth-order valence-corrected chi connectivity index (χ4v) is 4.67. The van der Waals surface area contributed by atoms with Gasteiger partial charge in [0.2, 0.25) is 11.8 Å². The van der Waals surface area contributed by atoms with Crippen molar-refractivity contribution in [3.8, 4) is 0 Å². The van der Waals surface area contributed by atoms with Gasteiger partial charge in [0, 0.05) is 43.9 Å². The number of aryl methyl sites for hydroxylation is 1. The average Bonchev–Trinajstić information content (AvgIpc) is 3.23. The lowest BCUT2D eigenvalue weighted by molar-refractivity contribution is -0.126. The van der Waals surface area contributed by atoms with Crippen LogP contribution in [0.1, 0.15) is 48.7 Å². The van der Waals surface area contributed by atoms with E-state index in [1.54, 1.807) is 17.0 Å². The van der Waals surface area contributed by atoms with E-state index in [1.165, 1.54) is 5.56 Å². The summed E-state index contributed by atoms with van der Waals surface area (Å²) in [4.78, 5) is 41.6. The van der Waals surface area contributed by atoms with Gasteiger partial charge < -0.3 is 19.9 Å². The highest BCUT2D eigenvalue weighted by molar-refractivity contribution is 6.00. The van der Waals surface area contributed by atoms with Crippen molar-refractivity contribution in [3.05, 3.63) is 65.2 Å². The van der Waals surface area contributed by atoms with E-state index in [1.807, 2.05) is 55.1 Å². The zero-order chi connectivity index (χ0) is 24.2. The SMILES string of the molecule is CCc1ccc(N2CC(C(=O)NCc3ccc(C(=O)N4CC(C)OC(C)C4)cc3)CC2=O)cc1. The molecule has 0 aromatic heterocycles. The highest BCUT2D eigenvalue weighted by Crippen LogP contribution is 2.26. The van der Waals surface area contributed by atoms with Crippen molar-refractivity contribution in [2.24, 2.45) is 5.92 Å². The fourth-order valence-electron chi connectivity index (χ4n) is 4.67. The minimum absolute atomic E-state index is 0.00545. The lowest BCUT2D eigenvalue weighted by atomic mass is 10.1. The minimum Gasteiger partial charge on any atom is -0.372 e. The Kier molecular flexibility index (Phi) is 7.32. The summed E-state index contributed by atoms with van der Waals surface area (Å²) >= 11 is 0. The van der Waals surface area contributed by atoms with Gasteiger partial charge in [0.05, 0.1) is 18.1 Å². The maximum absolute atomic E-state index is 12.8. The van der Waals surface area contributed by atoms with Crippen LogP contribution in [-0.4, -0.2) is 54.5 Å². The second-order valence-electron chi connectivity index (χ2n) is 9.31. The number of ether oxygens (including phenoxy) is 1. The first-order chi connectivity index (χ1) is 16.3. The molecule has 2 aliphatic rings. The van der Waals surface area contributed by atoms with Gasteiger partial charge in [-0.25, -0.2) is 0 Å². The number of nitrogens with one attached hydrogen (secondary N) is 1. The predicted molar refractivity (Wildman–Crippen MR) is 130 cm³/mol. The number of hydrogen-bond acceptors (Lipinski definition) is 4. The number of nitrogens with zero attached hydrogens (tertiary/aromatic N) is 2. The molecule has 34 heavy (non-hydrogen) atoms. The van der Waals surface area contributed by atoms with Gasteiger partial charge in [0.1, 0.15) is 0 Å². The maximum Gasteiger partial charge on any atom is 0.254 e. The van der Waals surface area contributed by atoms with E-state index in [0.29, 0.717) is 31.7 Å². The van der Waals surface area contributed by atoms with Crippen molar-refractivity contribution < 1.29 is 19.1 Å². The second kappa shape index (κ2) is 10.4. The molecule has 2 aliphatic heterocycles. The third kappa shape index (κ3) is 5.47. The van der Waals surface area contributed by atoms with Crippen molar-refractivity contribution in [3.63, 3.8) is 0 Å². The van der Waals surface area contributed by atoms with Crippen LogP contribution >= 0.6 is 0 Å². The summed E-state index contributed by atoms with van der Waals surface area (Å²) in [7, 11) is 0. The first-order valence-electron chi connectivity index (χ1n) is 12.0. The Hall–Kier alpha value is -3.19. The van der Waals surface area contributed by atoms with Gasteiger partial charge in [-0.2, -0.15) is 0 Å².